The molecule has 116 valence electrons. The Morgan fingerprint density at radius 3 is 2.52 bits per heavy atom. The van der Waals surface area contributed by atoms with E-state index >= 15 is 0 Å². The second kappa shape index (κ2) is 7.29. The minimum atomic E-state index is -0.546. The van der Waals surface area contributed by atoms with Crippen LogP contribution in [0.15, 0.2) is 21.6 Å². The van der Waals surface area contributed by atoms with Crippen LogP contribution >= 0.6 is 15.9 Å². The summed E-state index contributed by atoms with van der Waals surface area (Å²) in [4.78, 5) is 4.29. The zero-order chi connectivity index (χ0) is 15.4. The van der Waals surface area contributed by atoms with Crippen molar-refractivity contribution >= 4 is 21.8 Å². The van der Waals surface area contributed by atoms with E-state index in [1.54, 1.807) is 14.2 Å². The molecular formula is C14H17BrF2N2O2. The molecule has 21 heavy (non-hydrogen) atoms. The van der Waals surface area contributed by atoms with Gasteiger partial charge in [-0.05, 0) is 12.1 Å². The number of nitrogens with one attached hydrogen (secondary N) is 1. The third kappa shape index (κ3) is 3.99. The quantitative estimate of drug-likeness (QED) is 0.819. The van der Waals surface area contributed by atoms with Crippen LogP contribution in [0.2, 0.25) is 0 Å². The van der Waals surface area contributed by atoms with Crippen molar-refractivity contribution in [2.75, 3.05) is 27.3 Å². The molecule has 2 rings (SSSR count). The topological polar surface area (TPSA) is 42.8 Å². The molecular weight excluding hydrogens is 346 g/mol. The molecule has 0 spiro atoms. The van der Waals surface area contributed by atoms with E-state index in [2.05, 4.69) is 26.2 Å². The van der Waals surface area contributed by atoms with Gasteiger partial charge in [0.05, 0.1) is 12.4 Å². The van der Waals surface area contributed by atoms with Gasteiger partial charge in [-0.3, -0.25) is 4.99 Å². The molecule has 1 atom stereocenters. The van der Waals surface area contributed by atoms with Crippen molar-refractivity contribution in [3.63, 3.8) is 0 Å². The van der Waals surface area contributed by atoms with E-state index in [4.69, 9.17) is 9.47 Å². The van der Waals surface area contributed by atoms with Gasteiger partial charge in [0, 0.05) is 43.1 Å². The minimum absolute atomic E-state index is 0.0915. The molecule has 4 nitrogen and oxygen atoms in total. The molecule has 1 heterocycles. The summed E-state index contributed by atoms with van der Waals surface area (Å²) in [5.74, 6) is -0.671. The number of methoxy groups -OCH3 is 2. The van der Waals surface area contributed by atoms with Crippen LogP contribution in [0.25, 0.3) is 0 Å². The number of benzene rings is 1. The van der Waals surface area contributed by atoms with Gasteiger partial charge in [-0.15, -0.1) is 0 Å². The number of halogens is 3. The Morgan fingerprint density at radius 2 is 1.95 bits per heavy atom. The van der Waals surface area contributed by atoms with Crippen LogP contribution in [-0.2, 0) is 9.47 Å². The molecule has 1 unspecified atom stereocenters. The molecule has 0 bridgehead atoms. The zero-order valence-corrected chi connectivity index (χ0v) is 13.4. The van der Waals surface area contributed by atoms with Gasteiger partial charge >= 0.3 is 0 Å². The summed E-state index contributed by atoms with van der Waals surface area (Å²) in [7, 11) is 3.09. The molecule has 0 aliphatic carbocycles. The number of amidine groups is 1. The molecule has 1 aliphatic rings. The van der Waals surface area contributed by atoms with Gasteiger partial charge in [0.2, 0.25) is 0 Å². The van der Waals surface area contributed by atoms with Gasteiger partial charge in [-0.25, -0.2) is 8.78 Å². The van der Waals surface area contributed by atoms with Gasteiger partial charge in [0.15, 0.2) is 6.29 Å². The lowest BCUT2D eigenvalue weighted by Gasteiger charge is -2.16. The fraction of sp³-hybridized carbons (Fsp3) is 0.500. The molecule has 0 saturated carbocycles. The maximum atomic E-state index is 13.9. The highest BCUT2D eigenvalue weighted by atomic mass is 79.9. The summed E-state index contributed by atoms with van der Waals surface area (Å²) >= 11 is 3.08. The number of nitrogens with zero attached hydrogens (tertiary/aromatic N) is 1. The van der Waals surface area contributed by atoms with Crippen LogP contribution in [0.3, 0.4) is 0 Å². The van der Waals surface area contributed by atoms with E-state index in [1.807, 2.05) is 0 Å². The molecule has 1 N–H and O–H groups in total. The van der Waals surface area contributed by atoms with Gasteiger partial charge < -0.3 is 14.8 Å². The van der Waals surface area contributed by atoms with Crippen molar-refractivity contribution in [1.82, 2.24) is 5.32 Å². The molecule has 7 heteroatoms. The van der Waals surface area contributed by atoms with Crippen molar-refractivity contribution in [2.45, 2.75) is 18.6 Å². The summed E-state index contributed by atoms with van der Waals surface area (Å²) in [6.07, 6.45) is 0.0863. The Labute approximate surface area is 130 Å². The smallest absolute Gasteiger partial charge is 0.173 e. The number of hydrogen-bond acceptors (Lipinski definition) is 4. The molecule has 1 aromatic carbocycles. The Balaban J connectivity index is 1.98. The Bertz CT molecular complexity index is 513. The number of aliphatic imine (C=N–C) groups is 1. The summed E-state index contributed by atoms with van der Waals surface area (Å²) < 4.78 is 38.4. The van der Waals surface area contributed by atoms with Crippen LogP contribution in [0.4, 0.5) is 8.78 Å². The summed E-state index contributed by atoms with van der Waals surface area (Å²) in [6, 6.07) is 2.55. The van der Waals surface area contributed by atoms with Gasteiger partial charge in [-0.1, -0.05) is 15.9 Å². The van der Waals surface area contributed by atoms with Crippen molar-refractivity contribution < 1.29 is 18.3 Å². The van der Waals surface area contributed by atoms with Gasteiger partial charge in [-0.2, -0.15) is 0 Å². The van der Waals surface area contributed by atoms with Crippen molar-refractivity contribution in [2.24, 2.45) is 4.99 Å². The highest BCUT2D eigenvalue weighted by Gasteiger charge is 2.26. The van der Waals surface area contributed by atoms with Crippen LogP contribution in [0, 0.1) is 11.6 Å². The largest absolute Gasteiger partial charge is 0.369 e. The second-order valence-electron chi connectivity index (χ2n) is 4.75. The Hall–Kier alpha value is -1.05. The summed E-state index contributed by atoms with van der Waals surface area (Å²) in [6.45, 7) is 0.798. The summed E-state index contributed by atoms with van der Waals surface area (Å²) in [5.41, 5.74) is 0.0915. The summed E-state index contributed by atoms with van der Waals surface area (Å²) in [5, 5.41) is 3.08. The van der Waals surface area contributed by atoms with E-state index in [9.17, 15) is 8.78 Å². The first-order valence-electron chi connectivity index (χ1n) is 6.52. The van der Waals surface area contributed by atoms with Crippen molar-refractivity contribution in [1.29, 1.82) is 0 Å². The van der Waals surface area contributed by atoms with E-state index in [0.717, 1.165) is 0 Å². The standard InChI is InChI=1S/C14H17BrF2N2O2/c1-20-13(21-2)7-19-12-3-8(6-18-12)14-10(16)4-9(15)5-11(14)17/h4-5,8,13H,3,6-7H2,1-2H3,(H,18,19). The van der Waals surface area contributed by atoms with Gasteiger partial charge in [0.1, 0.15) is 11.6 Å². The van der Waals surface area contributed by atoms with Crippen LogP contribution < -0.4 is 5.32 Å². The van der Waals surface area contributed by atoms with E-state index in [0.29, 0.717) is 29.8 Å². The molecule has 0 amide bonds. The third-order valence-electron chi connectivity index (χ3n) is 3.39. The Kier molecular flexibility index (Phi) is 5.66. The molecule has 0 radical (unpaired) electrons. The van der Waals surface area contributed by atoms with Crippen LogP contribution in [0.1, 0.15) is 17.9 Å². The molecule has 1 aromatic rings. The second-order valence-corrected chi connectivity index (χ2v) is 5.67. The normalized spacial score (nSPS) is 18.2. The number of ether oxygens (including phenoxy) is 2. The fourth-order valence-corrected chi connectivity index (χ4v) is 2.71. The first-order chi connectivity index (χ1) is 10.0. The van der Waals surface area contributed by atoms with E-state index in [1.165, 1.54) is 12.1 Å². The molecule has 0 saturated heterocycles. The van der Waals surface area contributed by atoms with Crippen molar-refractivity contribution in [3.8, 4) is 0 Å². The zero-order valence-electron chi connectivity index (χ0n) is 11.8. The maximum absolute atomic E-state index is 13.9. The SMILES string of the molecule is COC(CNC1=NCC(c2c(F)cc(Br)cc2F)C1)OC. The fourth-order valence-electron chi connectivity index (χ4n) is 2.31. The lowest BCUT2D eigenvalue weighted by molar-refractivity contribution is -0.0965. The monoisotopic (exact) mass is 362 g/mol. The van der Waals surface area contributed by atoms with Gasteiger partial charge in [0.25, 0.3) is 0 Å². The number of rotatable bonds is 5. The lowest BCUT2D eigenvalue weighted by atomic mass is 9.96. The Morgan fingerprint density at radius 1 is 1.33 bits per heavy atom. The molecule has 0 fully saturated rings. The molecule has 0 aromatic heterocycles. The van der Waals surface area contributed by atoms with Crippen LogP contribution in [0.5, 0.6) is 0 Å². The lowest BCUT2D eigenvalue weighted by Crippen LogP contribution is -2.33. The van der Waals surface area contributed by atoms with Crippen molar-refractivity contribution in [3.05, 3.63) is 33.8 Å². The van der Waals surface area contributed by atoms with E-state index in [-0.39, 0.29) is 17.8 Å². The molecule has 1 aliphatic heterocycles. The highest BCUT2D eigenvalue weighted by molar-refractivity contribution is 9.10. The third-order valence-corrected chi connectivity index (χ3v) is 3.85. The maximum Gasteiger partial charge on any atom is 0.173 e. The average Bonchev–Trinajstić information content (AvgIpc) is 2.87. The minimum Gasteiger partial charge on any atom is -0.369 e. The predicted octanol–water partition coefficient (Wildman–Crippen LogP) is 2.82. The number of hydrogen-bond donors (Lipinski definition) is 1. The average molecular weight is 363 g/mol. The predicted molar refractivity (Wildman–Crippen MR) is 79.5 cm³/mol. The first kappa shape index (κ1) is 16.3. The van der Waals surface area contributed by atoms with Crippen LogP contribution in [-0.4, -0.2) is 39.4 Å². The highest BCUT2D eigenvalue weighted by Crippen LogP contribution is 2.31. The first-order valence-corrected chi connectivity index (χ1v) is 7.31. The van der Waals surface area contributed by atoms with E-state index < -0.39 is 11.6 Å².